The molecule has 0 radical (unpaired) electrons. The summed E-state index contributed by atoms with van der Waals surface area (Å²) >= 11 is 0. The van der Waals surface area contributed by atoms with Gasteiger partial charge in [0.05, 0.1) is 25.4 Å². The maximum Gasteiger partial charge on any atom is 1.00 e. The first-order valence-electron chi connectivity index (χ1n) is 13.1. The Hall–Kier alpha value is 0.330. The molecule has 0 amide bonds. The van der Waals surface area contributed by atoms with Crippen LogP contribution < -0.4 is 40.4 Å². The van der Waals surface area contributed by atoms with Crippen LogP contribution in [0.4, 0.5) is 0 Å². The van der Waals surface area contributed by atoms with Crippen molar-refractivity contribution in [1.82, 2.24) is 0 Å². The topological polar surface area (TPSA) is 192 Å². The second-order valence-corrected chi connectivity index (χ2v) is 10.5. The van der Waals surface area contributed by atoms with Crippen molar-refractivity contribution in [3.63, 3.8) is 0 Å². The molecule has 0 aromatic rings. The van der Waals surface area contributed by atoms with Crippen molar-refractivity contribution in [2.45, 2.75) is 127 Å². The predicted molar refractivity (Wildman–Crippen MR) is 132 cm³/mol. The summed E-state index contributed by atoms with van der Waals surface area (Å²) in [7, 11) is -5.04. The van der Waals surface area contributed by atoms with E-state index in [9.17, 15) is 28.8 Å². The predicted octanol–water partition coefficient (Wildman–Crippen LogP) is -2.05. The molecule has 1 saturated heterocycles. The number of allylic oxidation sites excluding steroid dienone is 1. The van der Waals surface area contributed by atoms with E-state index in [1.54, 1.807) is 6.08 Å². The normalized spacial score (nSPS) is 26.2. The molecule has 1 fully saturated rings. The molecule has 6 N–H and O–H groups in total. The Bertz CT molecular complexity index is 699. The molecule has 0 spiro atoms. The second-order valence-electron chi connectivity index (χ2n) is 9.41. The molecule has 0 aliphatic carbocycles. The Labute approximate surface area is 244 Å². The number of unbranched alkanes of at least 4 members (excludes halogenated alkanes) is 11. The van der Waals surface area contributed by atoms with E-state index in [2.05, 4.69) is 11.1 Å². The largest absolute Gasteiger partial charge is 1.00 e. The van der Waals surface area contributed by atoms with Gasteiger partial charge < -0.3 is 35.6 Å². The van der Waals surface area contributed by atoms with Gasteiger partial charge in [0.2, 0.25) is 0 Å². The van der Waals surface area contributed by atoms with Crippen LogP contribution in [0.2, 0.25) is 0 Å². The van der Waals surface area contributed by atoms with Crippen LogP contribution in [0.25, 0.3) is 0 Å². The third kappa shape index (κ3) is 16.3. The van der Waals surface area contributed by atoms with Crippen molar-refractivity contribution in [2.24, 2.45) is 5.73 Å². The third-order valence-electron chi connectivity index (χ3n) is 6.23. The van der Waals surface area contributed by atoms with Crippen LogP contribution in [0.3, 0.4) is 0 Å². The monoisotopic (exact) mass is 563 g/mol. The zero-order valence-corrected chi connectivity index (χ0v) is 25.1. The fourth-order valence-electron chi connectivity index (χ4n) is 4.04. The Morgan fingerprint density at radius 2 is 1.59 bits per heavy atom. The SMILES string of the molecule is CCCCCCCCCCCCC/C=C/[C@@H](O)[C@@H](N)CO[C@@H]1O[C@H](CO)[C@H](O)[C@H](OS(=O)(=O)O)[C@H]1[O-].[Na+]. The van der Waals surface area contributed by atoms with E-state index in [0.717, 1.165) is 19.3 Å². The van der Waals surface area contributed by atoms with Crippen LogP contribution in [0.1, 0.15) is 84.0 Å². The summed E-state index contributed by atoms with van der Waals surface area (Å²) in [6.07, 6.45) is 8.15. The molecule has 1 rings (SSSR count). The van der Waals surface area contributed by atoms with Crippen molar-refractivity contribution in [2.75, 3.05) is 13.2 Å². The molecule has 0 aromatic heterocycles. The quantitative estimate of drug-likeness (QED) is 0.0474. The molecule has 0 bridgehead atoms. The first-order valence-corrected chi connectivity index (χ1v) is 14.4. The number of hydrogen-bond acceptors (Lipinski definition) is 10. The fourth-order valence-corrected chi connectivity index (χ4v) is 4.54. The van der Waals surface area contributed by atoms with Gasteiger partial charge in [-0.1, -0.05) is 83.3 Å². The Morgan fingerprint density at radius 1 is 1.05 bits per heavy atom. The van der Waals surface area contributed by atoms with Crippen molar-refractivity contribution in [3.8, 4) is 0 Å². The van der Waals surface area contributed by atoms with E-state index < -0.39 is 59.9 Å². The van der Waals surface area contributed by atoms with Crippen molar-refractivity contribution in [1.29, 1.82) is 0 Å². The Balaban J connectivity index is 0.0000130. The molecule has 11 nitrogen and oxygen atoms in total. The smallest absolute Gasteiger partial charge is 0.846 e. The number of nitrogens with two attached hydrogens (primary N) is 1. The summed E-state index contributed by atoms with van der Waals surface area (Å²) in [6, 6.07) is -0.908. The van der Waals surface area contributed by atoms with Crippen LogP contribution >= 0.6 is 0 Å². The van der Waals surface area contributed by atoms with Crippen LogP contribution in [0, 0.1) is 0 Å². The number of aliphatic hydroxyl groups is 3. The number of aliphatic hydroxyl groups excluding tert-OH is 3. The van der Waals surface area contributed by atoms with E-state index in [1.807, 2.05) is 6.08 Å². The molecule has 0 aromatic carbocycles. The van der Waals surface area contributed by atoms with Crippen molar-refractivity contribution < 1.29 is 76.6 Å². The zero-order valence-electron chi connectivity index (χ0n) is 22.3. The van der Waals surface area contributed by atoms with Crippen LogP contribution in [-0.2, 0) is 24.1 Å². The molecule has 1 heterocycles. The summed E-state index contributed by atoms with van der Waals surface area (Å²) in [6.45, 7) is 1.15. The van der Waals surface area contributed by atoms with Crippen LogP contribution in [0.15, 0.2) is 12.2 Å². The second kappa shape index (κ2) is 21.1. The first kappa shape index (κ1) is 37.3. The zero-order chi connectivity index (χ0) is 27.0. The van der Waals surface area contributed by atoms with Gasteiger partial charge in [-0.15, -0.1) is 0 Å². The van der Waals surface area contributed by atoms with E-state index in [1.165, 1.54) is 57.8 Å². The van der Waals surface area contributed by atoms with Gasteiger partial charge in [0.15, 0.2) is 0 Å². The molecule has 1 aliphatic heterocycles. The number of rotatable bonds is 20. The van der Waals surface area contributed by atoms with Gasteiger partial charge in [-0.3, -0.25) is 4.55 Å². The third-order valence-corrected chi connectivity index (χ3v) is 6.70. The maximum absolute atomic E-state index is 12.4. The Morgan fingerprint density at radius 3 is 2.11 bits per heavy atom. The van der Waals surface area contributed by atoms with Gasteiger partial charge >= 0.3 is 40.0 Å². The van der Waals surface area contributed by atoms with E-state index in [0.29, 0.717) is 0 Å². The maximum atomic E-state index is 12.4. The van der Waals surface area contributed by atoms with E-state index in [-0.39, 0.29) is 36.2 Å². The Kier molecular flexibility index (Phi) is 21.3. The van der Waals surface area contributed by atoms with E-state index >= 15 is 0 Å². The molecule has 0 unspecified atom stereocenters. The molecule has 7 atom stereocenters. The molecule has 214 valence electrons. The summed E-state index contributed by atoms with van der Waals surface area (Å²) in [5.41, 5.74) is 5.91. The average molecular weight is 564 g/mol. The van der Waals surface area contributed by atoms with Gasteiger partial charge in [0.1, 0.15) is 24.6 Å². The number of ether oxygens (including phenoxy) is 2. The molecule has 0 saturated carbocycles. The minimum Gasteiger partial charge on any atom is -0.846 e. The van der Waals surface area contributed by atoms with E-state index in [4.69, 9.17) is 19.8 Å². The summed E-state index contributed by atoms with van der Waals surface area (Å²) in [5, 5.41) is 41.9. The minimum absolute atomic E-state index is 0. The van der Waals surface area contributed by atoms with Gasteiger partial charge in [-0.25, -0.2) is 4.18 Å². The van der Waals surface area contributed by atoms with Crippen LogP contribution in [0.5, 0.6) is 0 Å². The average Bonchev–Trinajstić information content (AvgIpc) is 2.83. The van der Waals surface area contributed by atoms with Crippen LogP contribution in [-0.4, -0.2) is 84.4 Å². The molecule has 37 heavy (non-hydrogen) atoms. The van der Waals surface area contributed by atoms with Gasteiger partial charge in [-0.2, -0.15) is 8.42 Å². The minimum atomic E-state index is -5.04. The molecule has 13 heteroatoms. The summed E-state index contributed by atoms with van der Waals surface area (Å²) in [5.74, 6) is 0. The molecular weight excluding hydrogens is 517 g/mol. The van der Waals surface area contributed by atoms with Gasteiger partial charge in [-0.05, 0) is 18.9 Å². The summed E-state index contributed by atoms with van der Waals surface area (Å²) in [4.78, 5) is 0. The molecule has 1 aliphatic rings. The summed E-state index contributed by atoms with van der Waals surface area (Å²) < 4.78 is 45.6. The van der Waals surface area contributed by atoms with Gasteiger partial charge in [0, 0.05) is 0 Å². The standard InChI is InChI=1S/C24H46NO10S.Na/c1-2-3-4-5-6-7-8-9-10-11-12-13-14-15-19(27)18(25)17-33-24-22(29)23(35-36(30,31)32)21(28)20(16-26)34-24;/h14-15,18-24,26-28H,2-13,16-17,25H2,1H3,(H,30,31,32);/q-1;+1/b15-14+;/t18-,19+,20+,21-,22+,23-,24+;/m0./s1. The fraction of sp³-hybridized carbons (Fsp3) is 0.917. The molecular formula is C24H46NNaO10S. The number of hydrogen-bond donors (Lipinski definition) is 5. The van der Waals surface area contributed by atoms with Crippen molar-refractivity contribution in [3.05, 3.63) is 12.2 Å². The first-order chi connectivity index (χ1) is 17.1. The van der Waals surface area contributed by atoms with Crippen molar-refractivity contribution >= 4 is 10.4 Å². The van der Waals surface area contributed by atoms with Gasteiger partial charge in [0.25, 0.3) is 0 Å².